The Morgan fingerprint density at radius 1 is 0.454 bits per heavy atom. The molecule has 0 spiro atoms. The number of primary amides is 1. The predicted molar refractivity (Wildman–Crippen MR) is 435 cm³/mol. The van der Waals surface area contributed by atoms with E-state index < -0.39 is 39.0 Å². The van der Waals surface area contributed by atoms with Crippen molar-refractivity contribution in [1.82, 2.24) is 36.0 Å². The van der Waals surface area contributed by atoms with Crippen LogP contribution in [0.15, 0.2) is 156 Å². The number of carbonyl (C=O) groups excluding carboxylic acids is 9. The predicted octanol–water partition coefficient (Wildman–Crippen LogP) is 14.8. The van der Waals surface area contributed by atoms with Crippen LogP contribution in [0.3, 0.4) is 0 Å². The first-order valence-electron chi connectivity index (χ1n) is 38.2. The van der Waals surface area contributed by atoms with Crippen LogP contribution in [0.4, 0.5) is 17.6 Å². The lowest BCUT2D eigenvalue weighted by Gasteiger charge is -2.70. The summed E-state index contributed by atoms with van der Waals surface area (Å²) in [5.74, 6) is -3.31. The molecule has 33 heteroatoms. The molecule has 0 aliphatic heterocycles. The van der Waals surface area contributed by atoms with E-state index in [1.807, 2.05) is 32.4 Å². The van der Waals surface area contributed by atoms with Gasteiger partial charge in [0.2, 0.25) is 5.91 Å². The van der Waals surface area contributed by atoms with Gasteiger partial charge in [0.25, 0.3) is 23.6 Å². The smallest absolute Gasteiger partial charge is 0.258 e. The lowest BCUT2D eigenvalue weighted by molar-refractivity contribution is -0.165. The van der Waals surface area contributed by atoms with Gasteiger partial charge in [-0.2, -0.15) is 5.10 Å². The fraction of sp³-hybridized carbons (Fsp3) is 0.384. The summed E-state index contributed by atoms with van der Waals surface area (Å²) in [5.41, 5.74) is 6.80. The van der Waals surface area contributed by atoms with Crippen LogP contribution < -0.4 is 45.9 Å². The molecule has 0 radical (unpaired) electrons. The molecule has 5 amide bonds. The molecular weight excluding hydrogens is 1670 g/mol. The van der Waals surface area contributed by atoms with Crippen LogP contribution in [0.25, 0.3) is 0 Å². The van der Waals surface area contributed by atoms with E-state index in [2.05, 4.69) is 31.3 Å². The highest BCUT2D eigenvalue weighted by Crippen LogP contribution is 2.72. The van der Waals surface area contributed by atoms with Crippen LogP contribution in [0.1, 0.15) is 167 Å². The number of benzene rings is 6. The first kappa shape index (κ1) is 86.9. The summed E-state index contributed by atoms with van der Waals surface area (Å²) >= 11 is 24.0. The summed E-state index contributed by atoms with van der Waals surface area (Å²) in [5, 5.41) is 17.0. The number of Topliss-reactive ketones (excluding diaryl/α,β-unsaturated/α-hetero) is 4. The molecular formula is C86H84Cl4F4N8O15S2. The quantitative estimate of drug-likeness (QED) is 0.0149. The SMILES string of the molecule is CCn1cc(C(=O)CC23CC(NC(=O)COc4ccc(Cl)c(F)c4)(C2)C3)c(C)n1.CS(=O)(=O)c1ccccc1C(=O)CC12CC(NC(=O)COc3ccc(Cl)c(F)c3)(C1)C2.CSc1ncccc1C(=O)CC12CC(NC(=O)COc3ccc(Cl)c(F)c3)(C1)C2.NC(=O)c1ccccc1C(=O)CC12CC(NC(=O)COc3ccc(Cl)c(F)c3)(C1)C2. The average Bonchev–Trinajstić information content (AvgIpc) is 1.65. The van der Waals surface area contributed by atoms with E-state index >= 15 is 0 Å². The third-order valence-corrected chi connectivity index (χ3v) is 26.4. The van der Waals surface area contributed by atoms with Gasteiger partial charge in [-0.25, -0.2) is 31.0 Å². The van der Waals surface area contributed by atoms with Gasteiger partial charge < -0.3 is 45.9 Å². The Morgan fingerprint density at radius 3 is 1.07 bits per heavy atom. The zero-order valence-corrected chi connectivity index (χ0v) is 69.7. The monoisotopic (exact) mass is 1750 g/mol. The van der Waals surface area contributed by atoms with Gasteiger partial charge in [-0.15, -0.1) is 11.8 Å². The van der Waals surface area contributed by atoms with Gasteiger partial charge in [-0.05, 0) is 192 Å². The maximum absolute atomic E-state index is 13.4. The molecule has 6 aromatic carbocycles. The maximum Gasteiger partial charge on any atom is 0.258 e. The minimum atomic E-state index is -3.49. The topological polar surface area (TPSA) is 330 Å². The number of aryl methyl sites for hydroxylation is 2. The Labute approximate surface area is 707 Å². The summed E-state index contributed by atoms with van der Waals surface area (Å²) in [6, 6.07) is 32.4. The van der Waals surface area contributed by atoms with Gasteiger partial charge >= 0.3 is 0 Å². The number of sulfone groups is 1. The molecule has 6 N–H and O–H groups in total. The molecule has 2 aromatic heterocycles. The minimum absolute atomic E-state index is 0.00597. The Balaban J connectivity index is 0.000000137. The summed E-state index contributed by atoms with van der Waals surface area (Å²) in [4.78, 5) is 115. The number of halogens is 8. The Hall–Kier alpha value is -9.91. The van der Waals surface area contributed by atoms with Crippen molar-refractivity contribution >= 4 is 121 Å². The number of aromatic nitrogens is 3. The van der Waals surface area contributed by atoms with Gasteiger partial charge in [-0.3, -0.25) is 47.8 Å². The second kappa shape index (κ2) is 34.3. The number of thioether (sulfide) groups is 1. The highest BCUT2D eigenvalue weighted by molar-refractivity contribution is 7.98. The molecule has 8 bridgehead atoms. The van der Waals surface area contributed by atoms with E-state index in [1.54, 1.807) is 59.4 Å². The van der Waals surface area contributed by atoms with E-state index in [0.29, 0.717) is 74.5 Å². The number of nitrogens with one attached hydrogen (secondary N) is 4. The number of ketones is 4. The maximum atomic E-state index is 13.4. The van der Waals surface area contributed by atoms with Crippen LogP contribution >= 0.6 is 58.2 Å². The van der Waals surface area contributed by atoms with Crippen LogP contribution in [-0.4, -0.2) is 137 Å². The van der Waals surface area contributed by atoms with Gasteiger partial charge in [0.1, 0.15) is 51.3 Å². The van der Waals surface area contributed by atoms with Crippen molar-refractivity contribution in [2.24, 2.45) is 27.4 Å². The van der Waals surface area contributed by atoms with Crippen LogP contribution in [0, 0.1) is 51.9 Å². The third-order valence-electron chi connectivity index (χ3n) is 23.3. The summed E-state index contributed by atoms with van der Waals surface area (Å²) < 4.78 is 101. The first-order valence-corrected chi connectivity index (χ1v) is 42.8. The lowest BCUT2D eigenvalue weighted by Crippen LogP contribution is -2.75. The van der Waals surface area contributed by atoms with Gasteiger partial charge in [-0.1, -0.05) is 82.8 Å². The fourth-order valence-corrected chi connectivity index (χ4v) is 20.8. The fourth-order valence-electron chi connectivity index (χ4n) is 18.9. The van der Waals surface area contributed by atoms with E-state index in [0.717, 1.165) is 86.3 Å². The Kier molecular flexibility index (Phi) is 25.1. The second-order valence-corrected chi connectivity index (χ2v) is 37.4. The number of carbonyl (C=O) groups is 9. The number of hydrogen-bond acceptors (Lipinski definition) is 18. The van der Waals surface area contributed by atoms with Crippen molar-refractivity contribution < 1.29 is 88.1 Å². The van der Waals surface area contributed by atoms with Crippen molar-refractivity contribution in [2.75, 3.05) is 38.9 Å². The number of amides is 5. The van der Waals surface area contributed by atoms with Crippen molar-refractivity contribution in [3.63, 3.8) is 0 Å². The summed E-state index contributed by atoms with van der Waals surface area (Å²) in [6.07, 6.45) is 16.9. The van der Waals surface area contributed by atoms with E-state index in [4.69, 9.17) is 71.1 Å². The highest BCUT2D eigenvalue weighted by atomic mass is 35.5. The molecule has 626 valence electrons. The van der Waals surface area contributed by atoms with Gasteiger partial charge in [0.15, 0.2) is 59.4 Å². The third kappa shape index (κ3) is 19.6. The molecule has 12 aliphatic rings. The standard InChI is InChI=1S/C22H20ClFN2O4.C22H21ClFNO5S.C21H23ClFN3O3.C21H20ClFN2O3S/c23-16-6-5-13(7-17(16)24)30-9-19(28)26-22-10-21(11-22,12-22)8-18(27)14-3-1-2-4-15(14)20(25)29;1-31(28,29)19-5-3-2-4-15(19)18(26)9-21-11-22(12-21,13-21)25-20(27)10-30-14-6-7-16(23)17(24)8-14;1-3-26-8-15(13(2)25-26)18(27)7-20-10-21(11-20,12-20)24-19(28)9-29-14-4-5-16(22)17(23)6-14;1-29-19-14(3-2-6-24-19)17(26)8-20-10-21(11-20,12-20)25-18(27)9-28-13-4-5-15(22)16(23)7-13/h1-7H,8-12H2,(H2,25,29)(H,26,28);2-8H,9-13H2,1H3,(H,25,27);4-6,8H,3,7,9-12H2,1-2H3,(H,24,28);2-7H,8-12H2,1H3,(H,25,27). The van der Waals surface area contributed by atoms with Crippen LogP contribution in [0.5, 0.6) is 23.0 Å². The van der Waals surface area contributed by atoms with Gasteiger partial charge in [0.05, 0.1) is 36.2 Å². The van der Waals surface area contributed by atoms with Crippen LogP contribution in [0.2, 0.25) is 20.1 Å². The van der Waals surface area contributed by atoms with E-state index in [-0.39, 0.29) is 183 Å². The van der Waals surface area contributed by atoms with Crippen molar-refractivity contribution in [3.8, 4) is 23.0 Å². The number of rotatable bonds is 32. The molecule has 8 aromatic rings. The molecule has 20 rings (SSSR count). The second-order valence-electron chi connectivity index (χ2n) is 33.0. The normalized spacial score (nSPS) is 24.1. The molecule has 0 saturated heterocycles. The molecule has 12 saturated carbocycles. The number of hydrogen-bond donors (Lipinski definition) is 5. The molecule has 2 heterocycles. The molecule has 0 atom stereocenters. The molecule has 23 nitrogen and oxygen atoms in total. The lowest BCUT2D eigenvalue weighted by atomic mass is 9.38. The summed E-state index contributed by atoms with van der Waals surface area (Å²) in [7, 11) is -3.49. The molecule has 12 aliphatic carbocycles. The summed E-state index contributed by atoms with van der Waals surface area (Å²) in [6.45, 7) is 3.71. The molecule has 119 heavy (non-hydrogen) atoms. The first-order chi connectivity index (χ1) is 56.3. The Morgan fingerprint density at radius 2 is 0.756 bits per heavy atom. The highest BCUT2D eigenvalue weighted by Gasteiger charge is 2.71. The Bertz CT molecular complexity index is 5460. The number of nitrogens with zero attached hydrogens (tertiary/aromatic N) is 3. The average molecular weight is 1750 g/mol. The van der Waals surface area contributed by atoms with E-state index in [1.165, 1.54) is 66.4 Å². The van der Waals surface area contributed by atoms with Crippen molar-refractivity contribution in [2.45, 2.75) is 155 Å². The van der Waals surface area contributed by atoms with Gasteiger partial charge in [0, 0.05) is 120 Å². The molecule has 0 unspecified atom stereocenters. The van der Waals surface area contributed by atoms with Crippen LogP contribution in [-0.2, 0) is 35.6 Å². The number of pyridine rings is 1. The largest absolute Gasteiger partial charge is 0.484 e. The number of nitrogens with two attached hydrogens (primary N) is 1. The molecule has 12 fully saturated rings. The van der Waals surface area contributed by atoms with Crippen molar-refractivity contribution in [1.29, 1.82) is 0 Å². The zero-order chi connectivity index (χ0) is 85.4. The minimum Gasteiger partial charge on any atom is -0.484 e. The number of ether oxygens (including phenoxy) is 4. The zero-order valence-electron chi connectivity index (χ0n) is 65.1. The van der Waals surface area contributed by atoms with E-state index in [9.17, 15) is 69.1 Å². The van der Waals surface area contributed by atoms with Crippen molar-refractivity contribution in [3.05, 3.63) is 223 Å².